The SMILES string of the molecule is Cc1cc(C(=O)N[C@H](CCCC(=O)O)C(=O)O)ccc1Cl. The summed E-state index contributed by atoms with van der Waals surface area (Å²) < 4.78 is 0. The van der Waals surface area contributed by atoms with Gasteiger partial charge in [0.05, 0.1) is 0 Å². The number of hydrogen-bond donors (Lipinski definition) is 3. The van der Waals surface area contributed by atoms with Gasteiger partial charge in [-0.3, -0.25) is 9.59 Å². The summed E-state index contributed by atoms with van der Waals surface area (Å²) in [5.74, 6) is -2.73. The summed E-state index contributed by atoms with van der Waals surface area (Å²) in [6, 6.07) is 3.51. The first kappa shape index (κ1) is 17.0. The summed E-state index contributed by atoms with van der Waals surface area (Å²) in [5, 5.41) is 20.5. The van der Waals surface area contributed by atoms with Gasteiger partial charge in [-0.1, -0.05) is 11.6 Å². The second kappa shape index (κ2) is 7.64. The number of aryl methyl sites for hydroxylation is 1. The van der Waals surface area contributed by atoms with Gasteiger partial charge >= 0.3 is 11.9 Å². The minimum atomic E-state index is -1.19. The highest BCUT2D eigenvalue weighted by Crippen LogP contribution is 2.16. The Morgan fingerprint density at radius 1 is 1.29 bits per heavy atom. The number of carboxylic acids is 2. The number of benzene rings is 1. The van der Waals surface area contributed by atoms with Crippen molar-refractivity contribution in [2.75, 3.05) is 0 Å². The summed E-state index contributed by atoms with van der Waals surface area (Å²) in [7, 11) is 0. The van der Waals surface area contributed by atoms with Crippen LogP contribution < -0.4 is 5.32 Å². The van der Waals surface area contributed by atoms with Crippen molar-refractivity contribution >= 4 is 29.4 Å². The fraction of sp³-hybridized carbons (Fsp3) is 0.357. The van der Waals surface area contributed by atoms with E-state index in [-0.39, 0.29) is 19.3 Å². The quantitative estimate of drug-likeness (QED) is 0.715. The average molecular weight is 314 g/mol. The summed E-state index contributed by atoms with van der Waals surface area (Å²) in [6.07, 6.45) is 0.0892. The van der Waals surface area contributed by atoms with Gasteiger partial charge in [-0.2, -0.15) is 0 Å². The van der Waals surface area contributed by atoms with E-state index in [1.54, 1.807) is 19.1 Å². The molecule has 0 aliphatic carbocycles. The van der Waals surface area contributed by atoms with E-state index in [9.17, 15) is 14.4 Å². The Morgan fingerprint density at radius 2 is 1.95 bits per heavy atom. The molecule has 1 amide bonds. The number of hydrogen-bond acceptors (Lipinski definition) is 3. The molecule has 0 unspecified atom stereocenters. The van der Waals surface area contributed by atoms with Gasteiger partial charge in [0, 0.05) is 17.0 Å². The summed E-state index contributed by atoms with van der Waals surface area (Å²) in [5.41, 5.74) is 1.02. The first-order chi connectivity index (χ1) is 9.81. The monoisotopic (exact) mass is 313 g/mol. The molecule has 6 nitrogen and oxygen atoms in total. The number of carbonyl (C=O) groups excluding carboxylic acids is 1. The van der Waals surface area contributed by atoms with Gasteiger partial charge in [-0.15, -0.1) is 0 Å². The van der Waals surface area contributed by atoms with E-state index in [4.69, 9.17) is 21.8 Å². The Kier molecular flexibility index (Phi) is 6.17. The smallest absolute Gasteiger partial charge is 0.326 e. The predicted molar refractivity (Wildman–Crippen MR) is 76.6 cm³/mol. The standard InChI is InChI=1S/C14H16ClNO5/c1-8-7-9(5-6-10(8)15)13(19)16-11(14(20)21)3-2-4-12(17)18/h5-7,11H,2-4H2,1H3,(H,16,19)(H,17,18)(H,20,21)/t11-/m1/s1. The average Bonchev–Trinajstić information content (AvgIpc) is 2.40. The van der Waals surface area contributed by atoms with Crippen LogP contribution in [0.4, 0.5) is 0 Å². The van der Waals surface area contributed by atoms with Gasteiger partial charge in [0.1, 0.15) is 6.04 Å². The van der Waals surface area contributed by atoms with Crippen LogP contribution in [-0.2, 0) is 9.59 Å². The highest BCUT2D eigenvalue weighted by molar-refractivity contribution is 6.31. The number of carbonyl (C=O) groups is 3. The molecule has 1 aromatic rings. The van der Waals surface area contributed by atoms with Gasteiger partial charge in [0.2, 0.25) is 0 Å². The molecule has 0 spiro atoms. The Bertz CT molecular complexity index is 558. The zero-order valence-electron chi connectivity index (χ0n) is 11.4. The van der Waals surface area contributed by atoms with Crippen LogP contribution in [0, 0.1) is 6.92 Å². The van der Waals surface area contributed by atoms with Gasteiger partial charge in [0.15, 0.2) is 0 Å². The lowest BCUT2D eigenvalue weighted by molar-refractivity contribution is -0.140. The Labute approximate surface area is 126 Å². The van der Waals surface area contributed by atoms with E-state index in [2.05, 4.69) is 5.32 Å². The van der Waals surface area contributed by atoms with E-state index in [1.807, 2.05) is 0 Å². The summed E-state index contributed by atoms with van der Waals surface area (Å²) in [4.78, 5) is 33.5. The molecular weight excluding hydrogens is 298 g/mol. The van der Waals surface area contributed by atoms with Gasteiger partial charge in [-0.05, 0) is 43.5 Å². The zero-order valence-corrected chi connectivity index (χ0v) is 12.2. The van der Waals surface area contributed by atoms with Crippen molar-refractivity contribution < 1.29 is 24.6 Å². The molecule has 3 N–H and O–H groups in total. The Morgan fingerprint density at radius 3 is 2.48 bits per heavy atom. The fourth-order valence-corrected chi connectivity index (χ4v) is 1.86. The molecule has 0 saturated heterocycles. The molecule has 0 aliphatic rings. The van der Waals surface area contributed by atoms with E-state index < -0.39 is 23.9 Å². The van der Waals surface area contributed by atoms with Crippen molar-refractivity contribution in [1.82, 2.24) is 5.32 Å². The van der Waals surface area contributed by atoms with Crippen LogP contribution in [0.25, 0.3) is 0 Å². The summed E-state index contributed by atoms with van der Waals surface area (Å²) in [6.45, 7) is 1.74. The molecule has 1 rings (SSSR count). The van der Waals surface area contributed by atoms with Gasteiger partial charge in [0.25, 0.3) is 5.91 Å². The minimum absolute atomic E-state index is 0.0555. The number of rotatable bonds is 7. The number of halogens is 1. The second-order valence-electron chi connectivity index (χ2n) is 4.61. The molecule has 114 valence electrons. The molecular formula is C14H16ClNO5. The molecule has 0 bridgehead atoms. The number of aliphatic carboxylic acids is 2. The van der Waals surface area contributed by atoms with Crippen molar-refractivity contribution in [3.63, 3.8) is 0 Å². The topological polar surface area (TPSA) is 104 Å². The Hall–Kier alpha value is -2.08. The van der Waals surface area contributed by atoms with Crippen LogP contribution in [0.15, 0.2) is 18.2 Å². The summed E-state index contributed by atoms with van der Waals surface area (Å²) >= 11 is 5.86. The lowest BCUT2D eigenvalue weighted by Crippen LogP contribution is -2.40. The molecule has 0 aromatic heterocycles. The van der Waals surface area contributed by atoms with Crippen molar-refractivity contribution in [2.45, 2.75) is 32.2 Å². The van der Waals surface area contributed by atoms with Crippen molar-refractivity contribution in [2.24, 2.45) is 0 Å². The predicted octanol–water partition coefficient (Wildman–Crippen LogP) is 2.09. The highest BCUT2D eigenvalue weighted by Gasteiger charge is 2.20. The van der Waals surface area contributed by atoms with Crippen LogP contribution in [0.3, 0.4) is 0 Å². The molecule has 1 atom stereocenters. The van der Waals surface area contributed by atoms with E-state index in [1.165, 1.54) is 6.07 Å². The molecule has 0 radical (unpaired) electrons. The third-order valence-corrected chi connectivity index (χ3v) is 3.33. The van der Waals surface area contributed by atoms with Crippen molar-refractivity contribution in [3.8, 4) is 0 Å². The highest BCUT2D eigenvalue weighted by atomic mass is 35.5. The normalized spacial score (nSPS) is 11.7. The third-order valence-electron chi connectivity index (χ3n) is 2.91. The maximum atomic E-state index is 12.0. The lowest BCUT2D eigenvalue weighted by atomic mass is 10.1. The van der Waals surface area contributed by atoms with Crippen molar-refractivity contribution in [3.05, 3.63) is 34.3 Å². The van der Waals surface area contributed by atoms with Crippen LogP contribution in [-0.4, -0.2) is 34.1 Å². The molecule has 0 saturated carbocycles. The van der Waals surface area contributed by atoms with Gasteiger partial charge < -0.3 is 15.5 Å². The van der Waals surface area contributed by atoms with Crippen LogP contribution in [0.1, 0.15) is 35.2 Å². The largest absolute Gasteiger partial charge is 0.481 e. The molecule has 0 heterocycles. The van der Waals surface area contributed by atoms with E-state index in [0.717, 1.165) is 0 Å². The number of carboxylic acid groups (broad SMARTS) is 2. The lowest BCUT2D eigenvalue weighted by Gasteiger charge is -2.14. The van der Waals surface area contributed by atoms with Crippen LogP contribution >= 0.6 is 11.6 Å². The zero-order chi connectivity index (χ0) is 16.0. The third kappa shape index (κ3) is 5.43. The maximum absolute atomic E-state index is 12.0. The van der Waals surface area contributed by atoms with E-state index >= 15 is 0 Å². The minimum Gasteiger partial charge on any atom is -0.481 e. The molecule has 0 aliphatic heterocycles. The molecule has 1 aromatic carbocycles. The molecule has 0 fully saturated rings. The molecule has 21 heavy (non-hydrogen) atoms. The number of amides is 1. The molecule has 7 heteroatoms. The maximum Gasteiger partial charge on any atom is 0.326 e. The van der Waals surface area contributed by atoms with Gasteiger partial charge in [-0.25, -0.2) is 4.79 Å². The first-order valence-electron chi connectivity index (χ1n) is 6.33. The van der Waals surface area contributed by atoms with Crippen molar-refractivity contribution in [1.29, 1.82) is 0 Å². The van der Waals surface area contributed by atoms with E-state index in [0.29, 0.717) is 16.1 Å². The Balaban J connectivity index is 2.69. The van der Waals surface area contributed by atoms with Crippen LogP contribution in [0.2, 0.25) is 5.02 Å². The number of nitrogens with one attached hydrogen (secondary N) is 1. The second-order valence-corrected chi connectivity index (χ2v) is 5.02. The fourth-order valence-electron chi connectivity index (χ4n) is 1.74. The van der Waals surface area contributed by atoms with Crippen LogP contribution in [0.5, 0.6) is 0 Å². The first-order valence-corrected chi connectivity index (χ1v) is 6.70.